The van der Waals surface area contributed by atoms with Crippen molar-refractivity contribution in [3.05, 3.63) is 38.9 Å². The van der Waals surface area contributed by atoms with Crippen LogP contribution in [-0.4, -0.2) is 21.9 Å². The molecule has 0 aromatic heterocycles. The lowest BCUT2D eigenvalue weighted by molar-refractivity contribution is -0.385. The number of rotatable bonds is 2. The molecule has 3 N–H and O–H groups in total. The smallest absolute Gasteiger partial charge is 0.336 e. The van der Waals surface area contributed by atoms with Gasteiger partial charge in [-0.25, -0.2) is 4.79 Å². The molecule has 0 aliphatic carbocycles. The van der Waals surface area contributed by atoms with Crippen LogP contribution in [0.3, 0.4) is 0 Å². The van der Waals surface area contributed by atoms with Crippen molar-refractivity contribution in [3.8, 4) is 11.8 Å². The van der Waals surface area contributed by atoms with Gasteiger partial charge in [0.1, 0.15) is 0 Å². The number of hydrogen-bond acceptors (Lipinski definition) is 4. The standard InChI is InChI=1S/C11H8N2O5/c1-6-8(11(15)16)4-7(2-3-10(12)14)5-9(6)13(17)18/h4-5H,1H3,(H2,12,14)(H,15,16). The number of benzene rings is 1. The molecule has 0 radical (unpaired) electrons. The second kappa shape index (κ2) is 4.97. The van der Waals surface area contributed by atoms with Crippen molar-refractivity contribution >= 4 is 17.6 Å². The summed E-state index contributed by atoms with van der Waals surface area (Å²) < 4.78 is 0. The Hall–Kier alpha value is -2.88. The first kappa shape index (κ1) is 13.2. The highest BCUT2D eigenvalue weighted by Crippen LogP contribution is 2.23. The zero-order valence-corrected chi connectivity index (χ0v) is 9.26. The summed E-state index contributed by atoms with van der Waals surface area (Å²) >= 11 is 0. The van der Waals surface area contributed by atoms with Crippen molar-refractivity contribution in [2.75, 3.05) is 0 Å². The van der Waals surface area contributed by atoms with Crippen molar-refractivity contribution in [3.63, 3.8) is 0 Å². The topological polar surface area (TPSA) is 124 Å². The van der Waals surface area contributed by atoms with E-state index in [0.717, 1.165) is 12.1 Å². The van der Waals surface area contributed by atoms with Gasteiger partial charge in [0.25, 0.3) is 11.6 Å². The van der Waals surface area contributed by atoms with Crippen LogP contribution in [0.4, 0.5) is 5.69 Å². The quantitative estimate of drug-likeness (QED) is 0.446. The third-order valence-electron chi connectivity index (χ3n) is 2.14. The zero-order chi connectivity index (χ0) is 13.9. The molecule has 0 unspecified atom stereocenters. The van der Waals surface area contributed by atoms with E-state index in [2.05, 4.69) is 5.92 Å². The van der Waals surface area contributed by atoms with Gasteiger partial charge in [-0.05, 0) is 18.9 Å². The Balaban J connectivity index is 3.49. The molecule has 0 bridgehead atoms. The fraction of sp³-hybridized carbons (Fsp3) is 0.0909. The van der Waals surface area contributed by atoms with Crippen LogP contribution in [-0.2, 0) is 4.79 Å². The summed E-state index contributed by atoms with van der Waals surface area (Å²) in [6, 6.07) is 2.25. The second-order valence-corrected chi connectivity index (χ2v) is 3.34. The Morgan fingerprint density at radius 3 is 2.50 bits per heavy atom. The summed E-state index contributed by atoms with van der Waals surface area (Å²) in [5.74, 6) is 2.04. The van der Waals surface area contributed by atoms with Crippen LogP contribution < -0.4 is 5.73 Å². The van der Waals surface area contributed by atoms with E-state index in [4.69, 9.17) is 10.8 Å². The van der Waals surface area contributed by atoms with Crippen LogP contribution in [0.1, 0.15) is 21.5 Å². The molecule has 1 rings (SSSR count). The number of amides is 1. The maximum atomic E-state index is 10.9. The van der Waals surface area contributed by atoms with Gasteiger partial charge in [0.05, 0.1) is 10.5 Å². The molecule has 7 nitrogen and oxygen atoms in total. The number of nitrogens with zero attached hydrogens (tertiary/aromatic N) is 1. The molecule has 1 amide bonds. The second-order valence-electron chi connectivity index (χ2n) is 3.34. The molecule has 0 saturated carbocycles. The Morgan fingerprint density at radius 1 is 1.44 bits per heavy atom. The van der Waals surface area contributed by atoms with Crippen molar-refractivity contribution in [1.29, 1.82) is 0 Å². The van der Waals surface area contributed by atoms with Gasteiger partial charge in [-0.1, -0.05) is 5.92 Å². The van der Waals surface area contributed by atoms with Crippen LogP contribution in [0.25, 0.3) is 0 Å². The number of carbonyl (C=O) groups is 2. The minimum Gasteiger partial charge on any atom is -0.478 e. The van der Waals surface area contributed by atoms with Crippen molar-refractivity contribution in [2.45, 2.75) is 6.92 Å². The number of nitrogens with two attached hydrogens (primary N) is 1. The molecular weight excluding hydrogens is 240 g/mol. The van der Waals surface area contributed by atoms with Crippen molar-refractivity contribution in [1.82, 2.24) is 0 Å². The van der Waals surface area contributed by atoms with E-state index in [1.165, 1.54) is 6.92 Å². The summed E-state index contributed by atoms with van der Waals surface area (Å²) in [6.45, 7) is 1.33. The first-order chi connectivity index (χ1) is 8.32. The number of aromatic carboxylic acids is 1. The summed E-state index contributed by atoms with van der Waals surface area (Å²) in [6.07, 6.45) is 0. The Bertz CT molecular complexity index is 575. The molecule has 0 aliphatic heterocycles. The van der Waals surface area contributed by atoms with Crippen LogP contribution in [0.5, 0.6) is 0 Å². The highest BCUT2D eigenvalue weighted by Gasteiger charge is 2.19. The highest BCUT2D eigenvalue weighted by atomic mass is 16.6. The monoisotopic (exact) mass is 248 g/mol. The molecule has 92 valence electrons. The predicted molar refractivity (Wildman–Crippen MR) is 60.9 cm³/mol. The largest absolute Gasteiger partial charge is 0.478 e. The normalized spacial score (nSPS) is 9.17. The first-order valence-electron chi connectivity index (χ1n) is 4.66. The lowest BCUT2D eigenvalue weighted by atomic mass is 10.0. The van der Waals surface area contributed by atoms with Crippen molar-refractivity contribution in [2.24, 2.45) is 5.73 Å². The van der Waals surface area contributed by atoms with Gasteiger partial charge in [-0.2, -0.15) is 0 Å². The van der Waals surface area contributed by atoms with Crippen molar-refractivity contribution < 1.29 is 19.6 Å². The number of nitro benzene ring substituents is 1. The van der Waals surface area contributed by atoms with E-state index in [1.54, 1.807) is 0 Å². The minimum atomic E-state index is -1.31. The number of carboxylic acids is 1. The van der Waals surface area contributed by atoms with Crippen LogP contribution in [0.15, 0.2) is 12.1 Å². The number of carboxylic acid groups (broad SMARTS) is 1. The van der Waals surface area contributed by atoms with E-state index < -0.39 is 16.8 Å². The molecule has 0 spiro atoms. The first-order valence-corrected chi connectivity index (χ1v) is 4.66. The van der Waals surface area contributed by atoms with E-state index in [1.807, 2.05) is 5.92 Å². The van der Waals surface area contributed by atoms with Crippen LogP contribution >= 0.6 is 0 Å². The lowest BCUT2D eigenvalue weighted by Crippen LogP contribution is -2.07. The molecule has 0 fully saturated rings. The third-order valence-corrected chi connectivity index (χ3v) is 2.14. The predicted octanol–water partition coefficient (Wildman–Crippen LogP) is 0.438. The maximum Gasteiger partial charge on any atom is 0.336 e. The Morgan fingerprint density at radius 2 is 2.06 bits per heavy atom. The Kier molecular flexibility index (Phi) is 3.64. The van der Waals surface area contributed by atoms with Gasteiger partial charge < -0.3 is 10.8 Å². The average molecular weight is 248 g/mol. The van der Waals surface area contributed by atoms with Crippen LogP contribution in [0.2, 0.25) is 0 Å². The molecule has 1 aromatic rings. The molecule has 0 heterocycles. The molecule has 1 aromatic carbocycles. The molecule has 0 aliphatic rings. The zero-order valence-electron chi connectivity index (χ0n) is 9.26. The molecule has 0 saturated heterocycles. The van der Waals surface area contributed by atoms with E-state index in [9.17, 15) is 19.7 Å². The molecule has 0 atom stereocenters. The fourth-order valence-electron chi connectivity index (χ4n) is 1.32. The Labute approximate surface area is 101 Å². The average Bonchev–Trinajstić information content (AvgIpc) is 2.26. The van der Waals surface area contributed by atoms with Gasteiger partial charge in [0, 0.05) is 17.2 Å². The lowest BCUT2D eigenvalue weighted by Gasteiger charge is -2.02. The van der Waals surface area contributed by atoms with Gasteiger partial charge in [-0.15, -0.1) is 0 Å². The maximum absolute atomic E-state index is 10.9. The minimum absolute atomic E-state index is 0.0251. The fourth-order valence-corrected chi connectivity index (χ4v) is 1.32. The van der Waals surface area contributed by atoms with E-state index in [-0.39, 0.29) is 22.4 Å². The summed E-state index contributed by atoms with van der Waals surface area (Å²) in [5, 5.41) is 19.7. The third kappa shape index (κ3) is 2.82. The summed E-state index contributed by atoms with van der Waals surface area (Å²) in [7, 11) is 0. The SMILES string of the molecule is Cc1c(C(=O)O)cc(C#CC(N)=O)cc1[N+](=O)[O-]. The number of primary amides is 1. The van der Waals surface area contributed by atoms with Crippen LogP contribution in [0, 0.1) is 28.9 Å². The number of carbonyl (C=O) groups excluding carboxylic acids is 1. The van der Waals surface area contributed by atoms with Gasteiger partial charge in [0.2, 0.25) is 0 Å². The van der Waals surface area contributed by atoms with Gasteiger partial charge in [0.15, 0.2) is 0 Å². The van der Waals surface area contributed by atoms with Gasteiger partial charge >= 0.3 is 5.97 Å². The summed E-state index contributed by atoms with van der Waals surface area (Å²) in [5.41, 5.74) is 4.26. The molecule has 18 heavy (non-hydrogen) atoms. The highest BCUT2D eigenvalue weighted by molar-refractivity contribution is 5.93. The summed E-state index contributed by atoms with van der Waals surface area (Å²) in [4.78, 5) is 31.4. The molecule has 7 heteroatoms. The van der Waals surface area contributed by atoms with Gasteiger partial charge in [-0.3, -0.25) is 14.9 Å². The molecular formula is C11H8N2O5. The van der Waals surface area contributed by atoms with E-state index >= 15 is 0 Å². The van der Waals surface area contributed by atoms with E-state index in [0.29, 0.717) is 0 Å². The number of hydrogen-bond donors (Lipinski definition) is 2. The number of nitro groups is 1.